The van der Waals surface area contributed by atoms with Crippen molar-refractivity contribution in [1.29, 1.82) is 0 Å². The second-order valence-corrected chi connectivity index (χ2v) is 6.13. The second kappa shape index (κ2) is 9.48. The Morgan fingerprint density at radius 2 is 1.31 bits per heavy atom. The molecule has 0 unspecified atom stereocenters. The van der Waals surface area contributed by atoms with Gasteiger partial charge in [-0.05, 0) is 0 Å². The molecule has 2 aliphatic heterocycles. The summed E-state index contributed by atoms with van der Waals surface area (Å²) in [5.74, 6) is 0. The highest BCUT2D eigenvalue weighted by Crippen LogP contribution is 2.29. The van der Waals surface area contributed by atoms with Gasteiger partial charge in [-0.3, -0.25) is 0 Å². The molecule has 0 spiro atoms. The van der Waals surface area contributed by atoms with Crippen molar-refractivity contribution in [2.24, 2.45) is 0 Å². The zero-order valence-corrected chi connectivity index (χ0v) is 13.9. The molecule has 0 saturated carbocycles. The third-order valence-electron chi connectivity index (χ3n) is 4.35. The summed E-state index contributed by atoms with van der Waals surface area (Å²) in [6, 6.07) is 0. The average Bonchev–Trinajstić information content (AvgIpc) is 2.64. The molecular formula is C15H26O11. The van der Waals surface area contributed by atoms with Crippen molar-refractivity contribution in [3.05, 3.63) is 12.7 Å². The standard InChI is InChI=1S/C15H26O11/c1-2-3-23-13-9(19)7(5-17)25-15(12(13)22)26-14-11(21)10(20)8(18)6(4-16)24-14/h2,6-22H,1,3-5H2/t6-,7-,8-,9-,10+,11-,12-,13+,14-,15-/m1/s1. The zero-order valence-electron chi connectivity index (χ0n) is 13.9. The summed E-state index contributed by atoms with van der Waals surface area (Å²) in [6.45, 7) is 2.21. The fraction of sp³-hybridized carbons (Fsp3) is 0.867. The van der Waals surface area contributed by atoms with Gasteiger partial charge in [0.2, 0.25) is 0 Å². The minimum Gasteiger partial charge on any atom is -0.394 e. The summed E-state index contributed by atoms with van der Waals surface area (Å²) < 4.78 is 21.1. The molecule has 2 aliphatic rings. The number of ether oxygens (including phenoxy) is 4. The van der Waals surface area contributed by atoms with Gasteiger partial charge in [-0.1, -0.05) is 6.08 Å². The molecule has 0 bridgehead atoms. The van der Waals surface area contributed by atoms with Crippen LogP contribution in [0.1, 0.15) is 0 Å². The molecule has 7 N–H and O–H groups in total. The summed E-state index contributed by atoms with van der Waals surface area (Å²) in [5, 5.41) is 68.5. The van der Waals surface area contributed by atoms with Crippen molar-refractivity contribution < 1.29 is 54.7 Å². The molecule has 2 saturated heterocycles. The van der Waals surface area contributed by atoms with Crippen molar-refractivity contribution in [3.8, 4) is 0 Å². The molecule has 2 fully saturated rings. The molecule has 0 amide bonds. The first-order valence-electron chi connectivity index (χ1n) is 8.16. The minimum atomic E-state index is -1.70. The third kappa shape index (κ3) is 4.40. The summed E-state index contributed by atoms with van der Waals surface area (Å²) in [7, 11) is 0. The molecule has 0 aromatic carbocycles. The molecule has 11 heteroatoms. The van der Waals surface area contributed by atoms with E-state index < -0.39 is 74.6 Å². The van der Waals surface area contributed by atoms with Gasteiger partial charge in [0.1, 0.15) is 48.8 Å². The van der Waals surface area contributed by atoms with Crippen LogP contribution in [0, 0.1) is 0 Å². The average molecular weight is 382 g/mol. The quantitative estimate of drug-likeness (QED) is 0.212. The van der Waals surface area contributed by atoms with E-state index in [4.69, 9.17) is 18.9 Å². The van der Waals surface area contributed by atoms with Gasteiger partial charge in [-0.15, -0.1) is 6.58 Å². The van der Waals surface area contributed by atoms with Crippen molar-refractivity contribution in [3.63, 3.8) is 0 Å². The normalized spacial score (nSPS) is 46.9. The Labute approximate surface area is 149 Å². The van der Waals surface area contributed by atoms with Crippen LogP contribution in [0.3, 0.4) is 0 Å². The number of aliphatic hydroxyl groups is 7. The highest BCUT2D eigenvalue weighted by molar-refractivity contribution is 4.93. The lowest BCUT2D eigenvalue weighted by Crippen LogP contribution is -2.64. The van der Waals surface area contributed by atoms with Gasteiger partial charge in [-0.2, -0.15) is 0 Å². The molecule has 26 heavy (non-hydrogen) atoms. The van der Waals surface area contributed by atoms with E-state index in [0.29, 0.717) is 0 Å². The van der Waals surface area contributed by atoms with Crippen molar-refractivity contribution >= 4 is 0 Å². The first-order chi connectivity index (χ1) is 12.3. The van der Waals surface area contributed by atoms with Crippen LogP contribution in [-0.2, 0) is 18.9 Å². The number of aliphatic hydroxyl groups excluding tert-OH is 7. The Hall–Kier alpha value is -0.700. The van der Waals surface area contributed by atoms with Gasteiger partial charge in [0.15, 0.2) is 12.6 Å². The Balaban J connectivity index is 2.11. The molecule has 0 aliphatic carbocycles. The molecule has 0 aromatic rings. The van der Waals surface area contributed by atoms with Crippen LogP contribution in [0.5, 0.6) is 0 Å². The van der Waals surface area contributed by atoms with E-state index in [9.17, 15) is 35.7 Å². The highest BCUT2D eigenvalue weighted by Gasteiger charge is 2.50. The predicted molar refractivity (Wildman–Crippen MR) is 82.5 cm³/mol. The smallest absolute Gasteiger partial charge is 0.189 e. The van der Waals surface area contributed by atoms with Gasteiger partial charge in [-0.25, -0.2) is 0 Å². The van der Waals surface area contributed by atoms with Gasteiger partial charge < -0.3 is 54.7 Å². The molecule has 2 rings (SSSR count). The van der Waals surface area contributed by atoms with E-state index in [-0.39, 0.29) is 6.61 Å². The maximum atomic E-state index is 10.3. The van der Waals surface area contributed by atoms with E-state index >= 15 is 0 Å². The summed E-state index contributed by atoms with van der Waals surface area (Å²) in [4.78, 5) is 0. The first-order valence-corrected chi connectivity index (χ1v) is 8.16. The topological polar surface area (TPSA) is 179 Å². The van der Waals surface area contributed by atoms with Gasteiger partial charge in [0, 0.05) is 0 Å². The summed E-state index contributed by atoms with van der Waals surface area (Å²) in [5.41, 5.74) is 0. The largest absolute Gasteiger partial charge is 0.394 e. The predicted octanol–water partition coefficient (Wildman–Crippen LogP) is -4.19. The zero-order chi connectivity index (χ0) is 19.4. The van der Waals surface area contributed by atoms with Crippen LogP contribution < -0.4 is 0 Å². The molecule has 0 aromatic heterocycles. The van der Waals surface area contributed by atoms with Crippen LogP contribution in [0.4, 0.5) is 0 Å². The van der Waals surface area contributed by atoms with Gasteiger partial charge >= 0.3 is 0 Å². The molecule has 10 atom stereocenters. The molecular weight excluding hydrogens is 356 g/mol. The minimum absolute atomic E-state index is 0.00367. The second-order valence-electron chi connectivity index (χ2n) is 6.13. The van der Waals surface area contributed by atoms with Crippen LogP contribution in [-0.4, -0.2) is 117 Å². The monoisotopic (exact) mass is 382 g/mol. The number of rotatable bonds is 7. The van der Waals surface area contributed by atoms with Crippen LogP contribution in [0.2, 0.25) is 0 Å². The number of hydrogen-bond donors (Lipinski definition) is 7. The molecule has 0 radical (unpaired) electrons. The summed E-state index contributed by atoms with van der Waals surface area (Å²) >= 11 is 0. The molecule has 11 nitrogen and oxygen atoms in total. The SMILES string of the molecule is C=CCO[C@@H]1[C@@H](O)[C@@H](O[C@H]2O[C@H](CO)[C@@H](O)[C@H](O)[C@H]2O)O[C@H](CO)[C@H]1O. The van der Waals surface area contributed by atoms with Crippen molar-refractivity contribution in [2.75, 3.05) is 19.8 Å². The highest BCUT2D eigenvalue weighted by atomic mass is 16.8. The number of hydrogen-bond acceptors (Lipinski definition) is 11. The van der Waals surface area contributed by atoms with Crippen LogP contribution in [0.25, 0.3) is 0 Å². The van der Waals surface area contributed by atoms with Gasteiger partial charge in [0.25, 0.3) is 0 Å². The van der Waals surface area contributed by atoms with E-state index in [1.165, 1.54) is 6.08 Å². The Kier molecular flexibility index (Phi) is 7.88. The Morgan fingerprint density at radius 1 is 0.769 bits per heavy atom. The third-order valence-corrected chi connectivity index (χ3v) is 4.35. The lowest BCUT2D eigenvalue weighted by molar-refractivity contribution is -0.378. The maximum Gasteiger partial charge on any atom is 0.189 e. The van der Waals surface area contributed by atoms with E-state index in [1.54, 1.807) is 0 Å². The Morgan fingerprint density at radius 3 is 1.85 bits per heavy atom. The summed E-state index contributed by atoms with van der Waals surface area (Å²) in [6.07, 6.45) is -13.0. The van der Waals surface area contributed by atoms with E-state index in [2.05, 4.69) is 6.58 Å². The van der Waals surface area contributed by atoms with Crippen molar-refractivity contribution in [1.82, 2.24) is 0 Å². The first kappa shape index (κ1) is 21.6. The fourth-order valence-corrected chi connectivity index (χ4v) is 2.85. The van der Waals surface area contributed by atoms with Gasteiger partial charge in [0.05, 0.1) is 19.8 Å². The lowest BCUT2D eigenvalue weighted by Gasteiger charge is -2.45. The fourth-order valence-electron chi connectivity index (χ4n) is 2.85. The Bertz CT molecular complexity index is 447. The molecule has 152 valence electrons. The van der Waals surface area contributed by atoms with Crippen molar-refractivity contribution in [2.45, 2.75) is 61.4 Å². The molecule has 2 heterocycles. The van der Waals surface area contributed by atoms with Crippen LogP contribution >= 0.6 is 0 Å². The van der Waals surface area contributed by atoms with Crippen LogP contribution in [0.15, 0.2) is 12.7 Å². The maximum absolute atomic E-state index is 10.3. The lowest BCUT2D eigenvalue weighted by atomic mass is 9.98. The van der Waals surface area contributed by atoms with E-state index in [1.807, 2.05) is 0 Å². The van der Waals surface area contributed by atoms with E-state index in [0.717, 1.165) is 0 Å².